The first-order chi connectivity index (χ1) is 11.7. The monoisotopic (exact) mass is 325 g/mol. The standard InChI is InChI=1S/C18H16FN3O2/c19-16-9-5-4-8-14(16)11-20-18(23)21-12-15-10-17(24-22-15)13-6-2-1-3-7-13/h1-10H,11-12H2,(H2,20,21,23). The molecule has 0 aliphatic carbocycles. The zero-order valence-corrected chi connectivity index (χ0v) is 12.8. The van der Waals surface area contributed by atoms with E-state index in [9.17, 15) is 9.18 Å². The molecule has 3 aromatic rings. The summed E-state index contributed by atoms with van der Waals surface area (Å²) in [5, 5.41) is 9.18. The lowest BCUT2D eigenvalue weighted by Gasteiger charge is -2.07. The van der Waals surface area contributed by atoms with Crippen LogP contribution in [0.3, 0.4) is 0 Å². The molecule has 2 amide bonds. The molecule has 0 fully saturated rings. The Morgan fingerprint density at radius 3 is 2.50 bits per heavy atom. The van der Waals surface area contributed by atoms with E-state index in [1.807, 2.05) is 30.3 Å². The smallest absolute Gasteiger partial charge is 0.315 e. The molecule has 0 aliphatic heterocycles. The summed E-state index contributed by atoms with van der Waals surface area (Å²) in [4.78, 5) is 11.8. The number of nitrogens with zero attached hydrogens (tertiary/aromatic N) is 1. The van der Waals surface area contributed by atoms with Crippen LogP contribution in [-0.2, 0) is 13.1 Å². The molecule has 0 aliphatic rings. The Bertz CT molecular complexity index is 818. The summed E-state index contributed by atoms with van der Waals surface area (Å²) in [5.41, 5.74) is 1.95. The van der Waals surface area contributed by atoms with Gasteiger partial charge in [0.2, 0.25) is 0 Å². The number of halogens is 1. The van der Waals surface area contributed by atoms with Gasteiger partial charge in [0.15, 0.2) is 5.76 Å². The van der Waals surface area contributed by atoms with Crippen LogP contribution in [-0.4, -0.2) is 11.2 Å². The predicted molar refractivity (Wildman–Crippen MR) is 87.4 cm³/mol. The first-order valence-corrected chi connectivity index (χ1v) is 7.48. The maximum absolute atomic E-state index is 13.5. The molecule has 0 saturated heterocycles. The topological polar surface area (TPSA) is 67.2 Å². The van der Waals surface area contributed by atoms with E-state index in [0.29, 0.717) is 17.0 Å². The molecule has 0 spiro atoms. The molecule has 1 heterocycles. The second-order valence-electron chi connectivity index (χ2n) is 5.18. The fourth-order valence-electron chi connectivity index (χ4n) is 2.18. The molecule has 0 saturated carbocycles. The van der Waals surface area contributed by atoms with Crippen molar-refractivity contribution in [1.29, 1.82) is 0 Å². The SMILES string of the molecule is O=C(NCc1cc(-c2ccccc2)on1)NCc1ccccc1F. The van der Waals surface area contributed by atoms with Crippen molar-refractivity contribution in [2.75, 3.05) is 0 Å². The number of benzene rings is 2. The van der Waals surface area contributed by atoms with Crippen LogP contribution in [0.4, 0.5) is 9.18 Å². The molecule has 6 heteroatoms. The number of hydrogen-bond acceptors (Lipinski definition) is 3. The minimum absolute atomic E-state index is 0.118. The Morgan fingerprint density at radius 2 is 1.71 bits per heavy atom. The molecular formula is C18H16FN3O2. The van der Waals surface area contributed by atoms with Gasteiger partial charge in [-0.1, -0.05) is 53.7 Å². The van der Waals surface area contributed by atoms with E-state index in [2.05, 4.69) is 15.8 Å². The van der Waals surface area contributed by atoms with Crippen LogP contribution < -0.4 is 10.6 Å². The molecule has 2 N–H and O–H groups in total. The lowest BCUT2D eigenvalue weighted by atomic mass is 10.2. The van der Waals surface area contributed by atoms with Crippen molar-refractivity contribution in [1.82, 2.24) is 15.8 Å². The third kappa shape index (κ3) is 3.98. The van der Waals surface area contributed by atoms with Crippen LogP contribution in [0.25, 0.3) is 11.3 Å². The summed E-state index contributed by atoms with van der Waals surface area (Å²) in [6.07, 6.45) is 0. The zero-order valence-electron chi connectivity index (χ0n) is 12.8. The Kier molecular flexibility index (Phi) is 4.86. The van der Waals surface area contributed by atoms with E-state index in [1.54, 1.807) is 24.3 Å². The third-order valence-electron chi connectivity index (χ3n) is 3.44. The minimum atomic E-state index is -0.400. The van der Waals surface area contributed by atoms with Gasteiger partial charge in [-0.25, -0.2) is 9.18 Å². The second kappa shape index (κ2) is 7.41. The van der Waals surface area contributed by atoms with E-state index >= 15 is 0 Å². The normalized spacial score (nSPS) is 10.4. The maximum Gasteiger partial charge on any atom is 0.315 e. The quantitative estimate of drug-likeness (QED) is 0.755. The van der Waals surface area contributed by atoms with Gasteiger partial charge in [-0.3, -0.25) is 0 Å². The molecule has 2 aromatic carbocycles. The molecule has 0 atom stereocenters. The molecule has 0 radical (unpaired) electrons. The highest BCUT2D eigenvalue weighted by molar-refractivity contribution is 5.73. The van der Waals surface area contributed by atoms with Gasteiger partial charge in [0.1, 0.15) is 11.5 Å². The van der Waals surface area contributed by atoms with Crippen LogP contribution >= 0.6 is 0 Å². The summed E-state index contributed by atoms with van der Waals surface area (Å²) in [5.74, 6) is 0.293. The molecule has 5 nitrogen and oxygen atoms in total. The van der Waals surface area contributed by atoms with Crippen LogP contribution in [0, 0.1) is 5.82 Å². The van der Waals surface area contributed by atoms with Gasteiger partial charge in [-0.15, -0.1) is 0 Å². The van der Waals surface area contributed by atoms with Crippen LogP contribution in [0.5, 0.6) is 0 Å². The summed E-state index contributed by atoms with van der Waals surface area (Å²) < 4.78 is 18.7. The van der Waals surface area contributed by atoms with Crippen LogP contribution in [0.1, 0.15) is 11.3 Å². The molecule has 0 bridgehead atoms. The fraction of sp³-hybridized carbons (Fsp3) is 0.111. The summed E-state index contributed by atoms with van der Waals surface area (Å²) >= 11 is 0. The van der Waals surface area contributed by atoms with Gasteiger partial charge in [-0.2, -0.15) is 0 Å². The van der Waals surface area contributed by atoms with E-state index in [0.717, 1.165) is 5.56 Å². The second-order valence-corrected chi connectivity index (χ2v) is 5.18. The van der Waals surface area contributed by atoms with Gasteiger partial charge in [-0.05, 0) is 6.07 Å². The molecule has 3 rings (SSSR count). The van der Waals surface area contributed by atoms with Gasteiger partial charge >= 0.3 is 6.03 Å². The molecule has 24 heavy (non-hydrogen) atoms. The minimum Gasteiger partial charge on any atom is -0.356 e. The molecule has 122 valence electrons. The summed E-state index contributed by atoms with van der Waals surface area (Å²) in [6, 6.07) is 17.2. The van der Waals surface area contributed by atoms with Crippen molar-refractivity contribution < 1.29 is 13.7 Å². The number of nitrogens with one attached hydrogen (secondary N) is 2. The van der Waals surface area contributed by atoms with Gasteiger partial charge in [0, 0.05) is 23.7 Å². The lowest BCUT2D eigenvalue weighted by molar-refractivity contribution is 0.239. The molecule has 0 unspecified atom stereocenters. The van der Waals surface area contributed by atoms with Crippen molar-refractivity contribution in [3.63, 3.8) is 0 Å². The van der Waals surface area contributed by atoms with Gasteiger partial charge in [0.25, 0.3) is 0 Å². The largest absolute Gasteiger partial charge is 0.356 e. The van der Waals surface area contributed by atoms with E-state index in [-0.39, 0.29) is 18.9 Å². The number of aromatic nitrogens is 1. The van der Waals surface area contributed by atoms with Gasteiger partial charge < -0.3 is 15.2 Å². The number of urea groups is 1. The van der Waals surface area contributed by atoms with Crippen molar-refractivity contribution in [3.05, 3.63) is 77.7 Å². The number of amides is 2. The first kappa shape index (κ1) is 15.7. The third-order valence-corrected chi connectivity index (χ3v) is 3.44. The molecule has 1 aromatic heterocycles. The average molecular weight is 325 g/mol. The average Bonchev–Trinajstić information content (AvgIpc) is 3.09. The van der Waals surface area contributed by atoms with Crippen molar-refractivity contribution in [3.8, 4) is 11.3 Å². The highest BCUT2D eigenvalue weighted by atomic mass is 19.1. The van der Waals surface area contributed by atoms with Crippen molar-refractivity contribution >= 4 is 6.03 Å². The number of carbonyl (C=O) groups excluding carboxylic acids is 1. The Balaban J connectivity index is 1.50. The Hall–Kier alpha value is -3.15. The molecular weight excluding hydrogens is 309 g/mol. The number of carbonyl (C=O) groups is 1. The highest BCUT2D eigenvalue weighted by Gasteiger charge is 2.08. The van der Waals surface area contributed by atoms with E-state index < -0.39 is 6.03 Å². The first-order valence-electron chi connectivity index (χ1n) is 7.48. The zero-order chi connectivity index (χ0) is 16.8. The van der Waals surface area contributed by atoms with Gasteiger partial charge in [0.05, 0.1) is 6.54 Å². The van der Waals surface area contributed by atoms with E-state index in [4.69, 9.17) is 4.52 Å². The predicted octanol–water partition coefficient (Wildman–Crippen LogP) is 3.48. The Labute approximate surface area is 138 Å². The van der Waals surface area contributed by atoms with E-state index in [1.165, 1.54) is 6.07 Å². The number of rotatable bonds is 5. The van der Waals surface area contributed by atoms with Crippen molar-refractivity contribution in [2.24, 2.45) is 0 Å². The highest BCUT2D eigenvalue weighted by Crippen LogP contribution is 2.19. The Morgan fingerprint density at radius 1 is 1.00 bits per heavy atom. The number of hydrogen-bond donors (Lipinski definition) is 2. The summed E-state index contributed by atoms with van der Waals surface area (Å²) in [7, 11) is 0. The fourth-order valence-corrected chi connectivity index (χ4v) is 2.18. The maximum atomic E-state index is 13.5. The van der Waals surface area contributed by atoms with Crippen molar-refractivity contribution in [2.45, 2.75) is 13.1 Å². The van der Waals surface area contributed by atoms with Crippen LogP contribution in [0.2, 0.25) is 0 Å². The summed E-state index contributed by atoms with van der Waals surface area (Å²) in [6.45, 7) is 0.339. The lowest BCUT2D eigenvalue weighted by Crippen LogP contribution is -2.34. The van der Waals surface area contributed by atoms with Crippen LogP contribution in [0.15, 0.2) is 65.2 Å².